The third-order valence-electron chi connectivity index (χ3n) is 4.38. The van der Waals surface area contributed by atoms with E-state index < -0.39 is 5.41 Å². The molecule has 0 spiro atoms. The summed E-state index contributed by atoms with van der Waals surface area (Å²) < 4.78 is 13.0. The van der Waals surface area contributed by atoms with Gasteiger partial charge in [-0.3, -0.25) is 9.59 Å². The van der Waals surface area contributed by atoms with Crippen LogP contribution in [0.25, 0.3) is 0 Å². The molecule has 0 saturated heterocycles. The van der Waals surface area contributed by atoms with Crippen molar-refractivity contribution in [1.82, 2.24) is 10.6 Å². The van der Waals surface area contributed by atoms with Gasteiger partial charge in [-0.15, -0.1) is 0 Å². The largest absolute Gasteiger partial charge is 0.354 e. The average Bonchev–Trinajstić information content (AvgIpc) is 3.41. The number of nitrogens with one attached hydrogen (secondary N) is 2. The Bertz CT molecular complexity index is 771. The molecular formula is C19H18ClFN2O2. The first-order valence-corrected chi connectivity index (χ1v) is 8.47. The molecule has 2 aromatic rings. The average molecular weight is 361 g/mol. The number of benzene rings is 2. The van der Waals surface area contributed by atoms with E-state index in [2.05, 4.69) is 10.6 Å². The van der Waals surface area contributed by atoms with E-state index in [1.165, 1.54) is 12.1 Å². The summed E-state index contributed by atoms with van der Waals surface area (Å²) >= 11 is 5.79. The van der Waals surface area contributed by atoms with Crippen molar-refractivity contribution in [1.29, 1.82) is 0 Å². The normalized spacial score (nSPS) is 14.6. The molecule has 0 heterocycles. The van der Waals surface area contributed by atoms with E-state index >= 15 is 0 Å². The Labute approximate surface area is 150 Å². The molecule has 2 aromatic carbocycles. The summed E-state index contributed by atoms with van der Waals surface area (Å²) in [5.74, 6) is -0.615. The van der Waals surface area contributed by atoms with Crippen LogP contribution in [0, 0.1) is 5.82 Å². The molecule has 0 radical (unpaired) electrons. The number of halogens is 2. The van der Waals surface area contributed by atoms with Crippen molar-refractivity contribution in [3.63, 3.8) is 0 Å². The minimum Gasteiger partial charge on any atom is -0.354 e. The van der Waals surface area contributed by atoms with Gasteiger partial charge in [-0.2, -0.15) is 0 Å². The summed E-state index contributed by atoms with van der Waals surface area (Å²) in [7, 11) is 0. The van der Waals surface area contributed by atoms with Gasteiger partial charge >= 0.3 is 0 Å². The summed E-state index contributed by atoms with van der Waals surface area (Å²) in [4.78, 5) is 24.4. The molecule has 130 valence electrons. The maximum atomic E-state index is 13.0. The Morgan fingerprint density at radius 3 is 2.16 bits per heavy atom. The summed E-state index contributed by atoms with van der Waals surface area (Å²) in [5, 5.41) is 6.16. The molecule has 6 heteroatoms. The summed E-state index contributed by atoms with van der Waals surface area (Å²) in [6.07, 6.45) is 1.50. The lowest BCUT2D eigenvalue weighted by Gasteiger charge is -2.16. The van der Waals surface area contributed by atoms with Crippen molar-refractivity contribution in [3.05, 3.63) is 70.5 Å². The highest BCUT2D eigenvalue weighted by molar-refractivity contribution is 6.30. The smallest absolute Gasteiger partial charge is 0.251 e. The van der Waals surface area contributed by atoms with Crippen molar-refractivity contribution in [2.75, 3.05) is 13.1 Å². The van der Waals surface area contributed by atoms with Crippen molar-refractivity contribution in [2.24, 2.45) is 0 Å². The Kier molecular flexibility index (Phi) is 5.04. The van der Waals surface area contributed by atoms with E-state index in [0.29, 0.717) is 23.7 Å². The Hall–Kier alpha value is -2.40. The fraction of sp³-hybridized carbons (Fsp3) is 0.263. The van der Waals surface area contributed by atoms with Crippen LogP contribution in [0.15, 0.2) is 48.5 Å². The van der Waals surface area contributed by atoms with Crippen LogP contribution in [-0.4, -0.2) is 24.9 Å². The number of carbonyl (C=O) groups is 2. The van der Waals surface area contributed by atoms with Gasteiger partial charge in [0.15, 0.2) is 0 Å². The Morgan fingerprint density at radius 2 is 1.56 bits per heavy atom. The zero-order valence-electron chi connectivity index (χ0n) is 13.5. The molecule has 2 amide bonds. The predicted molar refractivity (Wildman–Crippen MR) is 94.1 cm³/mol. The first kappa shape index (κ1) is 17.4. The van der Waals surface area contributed by atoms with E-state index in [1.807, 2.05) is 0 Å². The third kappa shape index (κ3) is 3.99. The highest BCUT2D eigenvalue weighted by Crippen LogP contribution is 2.48. The SMILES string of the molecule is O=C(NCCNC(=O)C1(c2ccc(F)cc2)CC1)c1ccc(Cl)cc1. The van der Waals surface area contributed by atoms with Crippen molar-refractivity contribution in [2.45, 2.75) is 18.3 Å². The van der Waals surface area contributed by atoms with Gasteiger partial charge < -0.3 is 10.6 Å². The molecule has 0 atom stereocenters. The topological polar surface area (TPSA) is 58.2 Å². The molecule has 1 fully saturated rings. The first-order valence-electron chi connectivity index (χ1n) is 8.09. The highest BCUT2D eigenvalue weighted by Gasteiger charge is 2.50. The molecule has 1 saturated carbocycles. The molecule has 25 heavy (non-hydrogen) atoms. The van der Waals surface area contributed by atoms with Gasteiger partial charge in [0.25, 0.3) is 5.91 Å². The number of hydrogen-bond acceptors (Lipinski definition) is 2. The zero-order chi connectivity index (χ0) is 17.9. The second kappa shape index (κ2) is 7.23. The molecule has 1 aliphatic rings. The first-order chi connectivity index (χ1) is 12.0. The van der Waals surface area contributed by atoms with E-state index in [4.69, 9.17) is 11.6 Å². The second-order valence-corrected chi connectivity index (χ2v) is 6.54. The van der Waals surface area contributed by atoms with Crippen molar-refractivity contribution in [3.8, 4) is 0 Å². The lowest BCUT2D eigenvalue weighted by Crippen LogP contribution is -2.39. The van der Waals surface area contributed by atoms with Crippen LogP contribution < -0.4 is 10.6 Å². The van der Waals surface area contributed by atoms with Gasteiger partial charge in [-0.05, 0) is 54.8 Å². The predicted octanol–water partition coefficient (Wildman–Crippen LogP) is 3.06. The molecule has 0 unspecified atom stereocenters. The van der Waals surface area contributed by atoms with Crippen LogP contribution in [0.3, 0.4) is 0 Å². The molecule has 4 nitrogen and oxygen atoms in total. The molecular weight excluding hydrogens is 343 g/mol. The monoisotopic (exact) mass is 360 g/mol. The number of amides is 2. The van der Waals surface area contributed by atoms with Crippen LogP contribution in [0.5, 0.6) is 0 Å². The molecule has 3 rings (SSSR count). The van der Waals surface area contributed by atoms with E-state index in [1.54, 1.807) is 36.4 Å². The molecule has 2 N–H and O–H groups in total. The van der Waals surface area contributed by atoms with Crippen LogP contribution in [0.2, 0.25) is 5.02 Å². The summed E-state index contributed by atoms with van der Waals surface area (Å²) in [6.45, 7) is 0.661. The highest BCUT2D eigenvalue weighted by atomic mass is 35.5. The second-order valence-electron chi connectivity index (χ2n) is 6.11. The maximum Gasteiger partial charge on any atom is 0.251 e. The van der Waals surface area contributed by atoms with E-state index in [0.717, 1.165) is 18.4 Å². The number of rotatable bonds is 6. The van der Waals surface area contributed by atoms with Gasteiger partial charge in [0, 0.05) is 23.7 Å². The van der Waals surface area contributed by atoms with E-state index in [-0.39, 0.29) is 17.6 Å². The zero-order valence-corrected chi connectivity index (χ0v) is 14.3. The molecule has 0 bridgehead atoms. The van der Waals surface area contributed by atoms with Gasteiger partial charge in [-0.25, -0.2) is 4.39 Å². The lowest BCUT2D eigenvalue weighted by molar-refractivity contribution is -0.123. The van der Waals surface area contributed by atoms with Crippen LogP contribution in [0.1, 0.15) is 28.8 Å². The number of hydrogen-bond donors (Lipinski definition) is 2. The fourth-order valence-electron chi connectivity index (χ4n) is 2.77. The molecule has 0 aromatic heterocycles. The van der Waals surface area contributed by atoms with Crippen LogP contribution >= 0.6 is 11.6 Å². The maximum absolute atomic E-state index is 13.0. The minimum atomic E-state index is -0.548. The quantitative estimate of drug-likeness (QED) is 0.778. The van der Waals surface area contributed by atoms with Crippen LogP contribution in [-0.2, 0) is 10.2 Å². The van der Waals surface area contributed by atoms with Gasteiger partial charge in [0.05, 0.1) is 5.41 Å². The molecule has 0 aliphatic heterocycles. The third-order valence-corrected chi connectivity index (χ3v) is 4.64. The standard InChI is InChI=1S/C19H18ClFN2O2/c20-15-5-1-13(2-6-15)17(24)22-11-12-23-18(25)19(9-10-19)14-3-7-16(21)8-4-14/h1-8H,9-12H2,(H,22,24)(H,23,25). The minimum absolute atomic E-state index is 0.0835. The summed E-state index contributed by atoms with van der Waals surface area (Å²) in [5.41, 5.74) is 0.797. The van der Waals surface area contributed by atoms with Crippen molar-refractivity contribution >= 4 is 23.4 Å². The van der Waals surface area contributed by atoms with Gasteiger partial charge in [0.2, 0.25) is 5.91 Å². The Morgan fingerprint density at radius 1 is 0.960 bits per heavy atom. The number of carbonyl (C=O) groups excluding carboxylic acids is 2. The lowest BCUT2D eigenvalue weighted by atomic mass is 9.95. The summed E-state index contributed by atoms with van der Waals surface area (Å²) in [6, 6.07) is 12.6. The Balaban J connectivity index is 1.47. The molecule has 1 aliphatic carbocycles. The fourth-order valence-corrected chi connectivity index (χ4v) is 2.89. The van der Waals surface area contributed by atoms with Gasteiger partial charge in [0.1, 0.15) is 5.82 Å². The van der Waals surface area contributed by atoms with Crippen molar-refractivity contribution < 1.29 is 14.0 Å². The van der Waals surface area contributed by atoms with E-state index in [9.17, 15) is 14.0 Å². The van der Waals surface area contributed by atoms with Crippen LogP contribution in [0.4, 0.5) is 4.39 Å². The van der Waals surface area contributed by atoms with Gasteiger partial charge in [-0.1, -0.05) is 23.7 Å².